The summed E-state index contributed by atoms with van der Waals surface area (Å²) < 4.78 is 5.61. The minimum Gasteiger partial charge on any atom is -0.419 e. The second kappa shape index (κ2) is 4.27. The van der Waals surface area contributed by atoms with Crippen LogP contribution in [0.15, 0.2) is 34.7 Å². The van der Waals surface area contributed by atoms with E-state index in [1.807, 2.05) is 30.3 Å². The van der Waals surface area contributed by atoms with Crippen LogP contribution >= 0.6 is 0 Å². The van der Waals surface area contributed by atoms with E-state index in [0.717, 1.165) is 18.7 Å². The zero-order valence-electron chi connectivity index (χ0n) is 9.41. The predicted octanol–water partition coefficient (Wildman–Crippen LogP) is 0.879. The normalized spacial score (nSPS) is 17.0. The predicted molar refractivity (Wildman–Crippen MR) is 63.0 cm³/mol. The van der Waals surface area contributed by atoms with Gasteiger partial charge in [-0.15, -0.1) is 10.2 Å². The van der Waals surface area contributed by atoms with Gasteiger partial charge < -0.3 is 10.2 Å². The van der Waals surface area contributed by atoms with Gasteiger partial charge in [0.25, 0.3) is 0 Å². The Labute approximate surface area is 99.2 Å². The van der Waals surface area contributed by atoms with Gasteiger partial charge >= 0.3 is 0 Å². The molecule has 0 radical (unpaired) electrons. The van der Waals surface area contributed by atoms with E-state index in [0.29, 0.717) is 24.4 Å². The van der Waals surface area contributed by atoms with Crippen molar-refractivity contribution in [2.24, 2.45) is 5.73 Å². The van der Waals surface area contributed by atoms with E-state index in [4.69, 9.17) is 10.2 Å². The molecule has 1 aromatic heterocycles. The van der Waals surface area contributed by atoms with Crippen molar-refractivity contribution in [3.05, 3.63) is 36.2 Å². The largest absolute Gasteiger partial charge is 0.419 e. The molecule has 2 heterocycles. The van der Waals surface area contributed by atoms with E-state index in [1.54, 1.807) is 0 Å². The zero-order valence-corrected chi connectivity index (χ0v) is 9.41. The van der Waals surface area contributed by atoms with E-state index >= 15 is 0 Å². The first kappa shape index (κ1) is 10.4. The molecule has 1 aromatic carbocycles. The minimum absolute atomic E-state index is 0.298. The molecule has 1 aliphatic heterocycles. The summed E-state index contributed by atoms with van der Waals surface area (Å²) in [5.41, 5.74) is 6.66. The summed E-state index contributed by atoms with van der Waals surface area (Å²) in [5, 5.41) is 8.08. The van der Waals surface area contributed by atoms with Crippen LogP contribution in [0.5, 0.6) is 0 Å². The summed E-state index contributed by atoms with van der Waals surface area (Å²) in [6.07, 6.45) is 0. The maximum Gasteiger partial charge on any atom is 0.247 e. The first-order valence-corrected chi connectivity index (χ1v) is 5.67. The molecule has 0 saturated carbocycles. The average Bonchev–Trinajstić information content (AvgIpc) is 2.77. The van der Waals surface area contributed by atoms with Crippen molar-refractivity contribution in [3.8, 4) is 11.5 Å². The fraction of sp³-hybridized carbons (Fsp3) is 0.333. The van der Waals surface area contributed by atoms with Gasteiger partial charge in [0.15, 0.2) is 0 Å². The van der Waals surface area contributed by atoms with Gasteiger partial charge in [0.1, 0.15) is 0 Å². The van der Waals surface area contributed by atoms with E-state index in [1.165, 1.54) is 0 Å². The van der Waals surface area contributed by atoms with E-state index in [2.05, 4.69) is 15.1 Å². The molecule has 0 unspecified atom stereocenters. The Morgan fingerprint density at radius 3 is 2.71 bits per heavy atom. The lowest BCUT2D eigenvalue weighted by molar-refractivity contribution is 0.129. The van der Waals surface area contributed by atoms with Gasteiger partial charge in [-0.1, -0.05) is 18.2 Å². The molecule has 3 rings (SSSR count). The van der Waals surface area contributed by atoms with Gasteiger partial charge in [-0.25, -0.2) is 0 Å². The van der Waals surface area contributed by atoms with Gasteiger partial charge in [-0.3, -0.25) is 4.90 Å². The van der Waals surface area contributed by atoms with Gasteiger partial charge in [-0.2, -0.15) is 0 Å². The molecule has 0 atom stereocenters. The molecule has 2 aromatic rings. The van der Waals surface area contributed by atoms with Crippen molar-refractivity contribution < 1.29 is 4.42 Å². The van der Waals surface area contributed by atoms with Crippen LogP contribution in [-0.2, 0) is 6.54 Å². The number of rotatable bonds is 3. The Hall–Kier alpha value is -1.72. The number of hydrogen-bond acceptors (Lipinski definition) is 5. The first-order chi connectivity index (χ1) is 8.31. The molecule has 0 bridgehead atoms. The van der Waals surface area contributed by atoms with Gasteiger partial charge in [0.2, 0.25) is 11.8 Å². The van der Waals surface area contributed by atoms with Crippen LogP contribution < -0.4 is 5.73 Å². The number of benzene rings is 1. The molecule has 0 aliphatic carbocycles. The molecule has 17 heavy (non-hydrogen) atoms. The second-order valence-corrected chi connectivity index (χ2v) is 4.32. The molecular weight excluding hydrogens is 216 g/mol. The Kier molecular flexibility index (Phi) is 2.62. The maximum absolute atomic E-state index is 5.71. The van der Waals surface area contributed by atoms with Crippen LogP contribution in [-0.4, -0.2) is 34.2 Å². The highest BCUT2D eigenvalue weighted by Crippen LogP contribution is 2.18. The summed E-state index contributed by atoms with van der Waals surface area (Å²) in [5.74, 6) is 1.22. The molecule has 2 N–H and O–H groups in total. The van der Waals surface area contributed by atoms with Crippen LogP contribution in [0.25, 0.3) is 11.5 Å². The van der Waals surface area contributed by atoms with Crippen LogP contribution in [0, 0.1) is 0 Å². The smallest absolute Gasteiger partial charge is 0.247 e. The number of nitrogens with zero attached hydrogens (tertiary/aromatic N) is 3. The summed E-state index contributed by atoms with van der Waals surface area (Å²) >= 11 is 0. The molecule has 1 saturated heterocycles. The molecule has 1 fully saturated rings. The quantitative estimate of drug-likeness (QED) is 0.847. The van der Waals surface area contributed by atoms with E-state index < -0.39 is 0 Å². The molecule has 5 nitrogen and oxygen atoms in total. The monoisotopic (exact) mass is 230 g/mol. The number of likely N-dealkylation sites (tertiary alicyclic amines) is 1. The summed E-state index contributed by atoms with van der Waals surface area (Å²) in [6, 6.07) is 10.1. The average molecular weight is 230 g/mol. The first-order valence-electron chi connectivity index (χ1n) is 5.67. The van der Waals surface area contributed by atoms with Crippen molar-refractivity contribution in [1.29, 1.82) is 0 Å². The Morgan fingerprint density at radius 1 is 1.24 bits per heavy atom. The lowest BCUT2D eigenvalue weighted by Crippen LogP contribution is -2.54. The molecule has 1 aliphatic rings. The molecule has 0 amide bonds. The van der Waals surface area contributed by atoms with Crippen molar-refractivity contribution in [2.45, 2.75) is 12.6 Å². The second-order valence-electron chi connectivity index (χ2n) is 4.32. The van der Waals surface area contributed by atoms with Crippen molar-refractivity contribution in [3.63, 3.8) is 0 Å². The lowest BCUT2D eigenvalue weighted by atomic mass is 10.1. The van der Waals surface area contributed by atoms with E-state index in [9.17, 15) is 0 Å². The third-order valence-corrected chi connectivity index (χ3v) is 2.83. The van der Waals surface area contributed by atoms with Crippen LogP contribution in [0.2, 0.25) is 0 Å². The third kappa shape index (κ3) is 2.20. The number of hydrogen-bond donors (Lipinski definition) is 1. The van der Waals surface area contributed by atoms with Crippen molar-refractivity contribution in [1.82, 2.24) is 15.1 Å². The van der Waals surface area contributed by atoms with Gasteiger partial charge in [0.05, 0.1) is 6.54 Å². The number of aromatic nitrogens is 2. The van der Waals surface area contributed by atoms with Crippen LogP contribution in [0.3, 0.4) is 0 Å². The topological polar surface area (TPSA) is 68.2 Å². The Morgan fingerprint density at radius 2 is 2.00 bits per heavy atom. The molecular formula is C12H14N4O. The van der Waals surface area contributed by atoms with Crippen molar-refractivity contribution >= 4 is 0 Å². The highest BCUT2D eigenvalue weighted by Gasteiger charge is 2.24. The maximum atomic E-state index is 5.71. The molecule has 5 heteroatoms. The Bertz CT molecular complexity index is 490. The number of nitrogens with two attached hydrogens (primary N) is 1. The lowest BCUT2D eigenvalue weighted by Gasteiger charge is -2.35. The SMILES string of the molecule is NC1CN(Cc2nnc(-c3ccccc3)o2)C1. The van der Waals surface area contributed by atoms with E-state index in [-0.39, 0.29) is 0 Å². The summed E-state index contributed by atoms with van der Waals surface area (Å²) in [6.45, 7) is 2.50. The highest BCUT2D eigenvalue weighted by atomic mass is 16.4. The van der Waals surface area contributed by atoms with Crippen molar-refractivity contribution in [2.75, 3.05) is 13.1 Å². The highest BCUT2D eigenvalue weighted by molar-refractivity contribution is 5.51. The fourth-order valence-corrected chi connectivity index (χ4v) is 1.95. The molecule has 88 valence electrons. The zero-order chi connectivity index (χ0) is 11.7. The van der Waals surface area contributed by atoms with Gasteiger partial charge in [0, 0.05) is 24.7 Å². The third-order valence-electron chi connectivity index (χ3n) is 2.83. The minimum atomic E-state index is 0.298. The Balaban J connectivity index is 1.70. The fourth-order valence-electron chi connectivity index (χ4n) is 1.95. The summed E-state index contributed by atoms with van der Waals surface area (Å²) in [7, 11) is 0. The molecule has 0 spiro atoms. The van der Waals surface area contributed by atoms with Crippen LogP contribution in [0.1, 0.15) is 5.89 Å². The van der Waals surface area contributed by atoms with Crippen LogP contribution in [0.4, 0.5) is 0 Å². The summed E-state index contributed by atoms with van der Waals surface area (Å²) in [4.78, 5) is 2.19. The van der Waals surface area contributed by atoms with Gasteiger partial charge in [-0.05, 0) is 12.1 Å². The standard InChI is InChI=1S/C12H14N4O/c13-10-6-16(7-10)8-11-14-15-12(17-11)9-4-2-1-3-5-9/h1-5,10H,6-8,13H2.